The number of hydrogen-bond acceptors (Lipinski definition) is 0. The third-order valence-corrected chi connectivity index (χ3v) is 3.81. The summed E-state index contributed by atoms with van der Waals surface area (Å²) in [5.74, 6) is 0. The predicted molar refractivity (Wildman–Crippen MR) is 51.5 cm³/mol. The Balaban J connectivity index is 2.28. The van der Waals surface area contributed by atoms with Crippen molar-refractivity contribution in [2.75, 3.05) is 0 Å². The van der Waals surface area contributed by atoms with Gasteiger partial charge in [-0.2, -0.15) is 3.69 Å². The molecule has 11 heavy (non-hydrogen) atoms. The molecule has 0 aliphatic carbocycles. The fraction of sp³-hybridized carbons (Fsp3) is 0.400. The van der Waals surface area contributed by atoms with Gasteiger partial charge in [0.25, 0.3) is 0 Å². The van der Waals surface area contributed by atoms with Crippen LogP contribution < -0.4 is 3.69 Å². The maximum atomic E-state index is 2.27. The molecule has 1 heteroatoms. The Morgan fingerprint density at radius 2 is 1.91 bits per heavy atom. The van der Waals surface area contributed by atoms with Crippen molar-refractivity contribution in [1.29, 1.82) is 0 Å². The largest absolute Gasteiger partial charge is 0.408 e. The van der Waals surface area contributed by atoms with Gasteiger partial charge in [-0.3, -0.25) is 0 Å². The van der Waals surface area contributed by atoms with Gasteiger partial charge in [0.15, 0.2) is 0 Å². The maximum absolute atomic E-state index is 2.27. The Kier molecular flexibility index (Phi) is 4.63. The Labute approximate surface area is 78.7 Å². The molecule has 0 bridgehead atoms. The van der Waals surface area contributed by atoms with E-state index in [1.165, 1.54) is 17.4 Å². The van der Waals surface area contributed by atoms with Crippen LogP contribution in [0.4, 0.5) is 0 Å². The van der Waals surface area contributed by atoms with Crippen molar-refractivity contribution >= 4 is 24.1 Å². The van der Waals surface area contributed by atoms with E-state index in [1.54, 1.807) is 3.69 Å². The van der Waals surface area contributed by atoms with Gasteiger partial charge < -0.3 is 0 Å². The average Bonchev–Trinajstić information content (AvgIpc) is 2.07. The summed E-state index contributed by atoms with van der Waals surface area (Å²) in [6.07, 6.45) is 2.76. The second kappa shape index (κ2) is 5.61. The molecular formula is C10H14Mg. The molecule has 1 aromatic carbocycles. The van der Waals surface area contributed by atoms with E-state index in [2.05, 4.69) is 37.3 Å². The zero-order valence-electron chi connectivity index (χ0n) is 7.22. The van der Waals surface area contributed by atoms with Gasteiger partial charge in [0, 0.05) is 0 Å². The van der Waals surface area contributed by atoms with Crippen LogP contribution in [0.15, 0.2) is 30.3 Å². The first-order valence-corrected chi connectivity index (χ1v) is 6.18. The van der Waals surface area contributed by atoms with Gasteiger partial charge in [0.2, 0.25) is 0 Å². The molecule has 0 nitrogen and oxygen atoms in total. The molecule has 0 spiro atoms. The molecule has 0 aliphatic heterocycles. The lowest BCUT2D eigenvalue weighted by Crippen LogP contribution is -2.11. The first-order chi connectivity index (χ1) is 5.43. The molecule has 1 aromatic rings. The van der Waals surface area contributed by atoms with Gasteiger partial charge in [-0.1, -0.05) is 50.1 Å². The smallest absolute Gasteiger partial charge is 0.174 e. The molecule has 0 aromatic heterocycles. The summed E-state index contributed by atoms with van der Waals surface area (Å²) in [5.41, 5.74) is 0. The van der Waals surface area contributed by atoms with Crippen LogP contribution in [-0.4, -0.2) is 20.4 Å². The zero-order valence-corrected chi connectivity index (χ0v) is 8.63. The first kappa shape index (κ1) is 9.08. The van der Waals surface area contributed by atoms with Crippen molar-refractivity contribution in [2.24, 2.45) is 0 Å². The lowest BCUT2D eigenvalue weighted by Gasteiger charge is -1.96. The summed E-state index contributed by atoms with van der Waals surface area (Å²) in [6, 6.07) is 10.9. The molecular weight excluding hydrogens is 144 g/mol. The van der Waals surface area contributed by atoms with Crippen molar-refractivity contribution in [3.63, 3.8) is 0 Å². The quantitative estimate of drug-likeness (QED) is 0.466. The first-order valence-electron chi connectivity index (χ1n) is 4.47. The summed E-state index contributed by atoms with van der Waals surface area (Å²) >= 11 is 0.0776. The minimum atomic E-state index is 0.0776. The zero-order chi connectivity index (χ0) is 7.94. The van der Waals surface area contributed by atoms with E-state index in [9.17, 15) is 0 Å². The van der Waals surface area contributed by atoms with E-state index >= 15 is 0 Å². The average molecular weight is 159 g/mol. The van der Waals surface area contributed by atoms with Crippen molar-refractivity contribution < 1.29 is 0 Å². The monoisotopic (exact) mass is 158 g/mol. The highest BCUT2D eigenvalue weighted by molar-refractivity contribution is 6.53. The van der Waals surface area contributed by atoms with Gasteiger partial charge >= 0.3 is 20.4 Å². The van der Waals surface area contributed by atoms with Crippen LogP contribution in [0.1, 0.15) is 19.8 Å². The van der Waals surface area contributed by atoms with Crippen LogP contribution in [0.5, 0.6) is 0 Å². The highest BCUT2D eigenvalue weighted by atomic mass is 24.5. The summed E-state index contributed by atoms with van der Waals surface area (Å²) in [5, 5.41) is 0. The van der Waals surface area contributed by atoms with E-state index in [0.29, 0.717) is 0 Å². The molecule has 0 amide bonds. The maximum Gasteiger partial charge on any atom is 0.408 e. The van der Waals surface area contributed by atoms with Crippen LogP contribution >= 0.6 is 0 Å². The van der Waals surface area contributed by atoms with E-state index < -0.39 is 0 Å². The normalized spacial score (nSPS) is 9.18. The number of rotatable bonds is 4. The summed E-state index contributed by atoms with van der Waals surface area (Å²) in [7, 11) is 0. The second-order valence-electron chi connectivity index (χ2n) is 2.94. The molecule has 0 saturated heterocycles. The molecule has 0 radical (unpaired) electrons. The van der Waals surface area contributed by atoms with Crippen LogP contribution in [0.3, 0.4) is 0 Å². The number of unbranched alkanes of at least 4 members (excludes halogenated alkanes) is 1. The highest BCUT2D eigenvalue weighted by Crippen LogP contribution is 1.93. The van der Waals surface area contributed by atoms with Gasteiger partial charge in [0.05, 0.1) is 0 Å². The molecule has 0 atom stereocenters. The third-order valence-electron chi connectivity index (χ3n) is 1.91. The SMILES string of the molecule is CCC[CH2][Mg][c]1ccccc1. The summed E-state index contributed by atoms with van der Waals surface area (Å²) < 4.78 is 3.08. The van der Waals surface area contributed by atoms with Crippen molar-refractivity contribution in [3.05, 3.63) is 30.3 Å². The third kappa shape index (κ3) is 3.78. The summed E-state index contributed by atoms with van der Waals surface area (Å²) in [4.78, 5) is 0. The molecule has 0 unspecified atom stereocenters. The minimum Gasteiger partial charge on any atom is -0.174 e. The molecule has 0 saturated carbocycles. The Morgan fingerprint density at radius 1 is 1.18 bits per heavy atom. The van der Waals surface area contributed by atoms with Crippen LogP contribution in [0, 0.1) is 0 Å². The van der Waals surface area contributed by atoms with Crippen LogP contribution in [-0.2, 0) is 0 Å². The Morgan fingerprint density at radius 3 is 2.55 bits per heavy atom. The molecule has 0 heterocycles. The van der Waals surface area contributed by atoms with Crippen molar-refractivity contribution in [2.45, 2.75) is 24.3 Å². The van der Waals surface area contributed by atoms with Gasteiger partial charge in [0.1, 0.15) is 0 Å². The van der Waals surface area contributed by atoms with Gasteiger partial charge in [-0.05, 0) is 0 Å². The lowest BCUT2D eigenvalue weighted by molar-refractivity contribution is 0.881. The van der Waals surface area contributed by atoms with Gasteiger partial charge in [-0.15, -0.1) is 4.55 Å². The predicted octanol–water partition coefficient (Wildman–Crippen LogP) is 2.23. The Hall–Kier alpha value is -0.0138. The van der Waals surface area contributed by atoms with Crippen molar-refractivity contribution in [3.8, 4) is 0 Å². The molecule has 0 N–H and O–H groups in total. The fourth-order valence-corrected chi connectivity index (χ4v) is 2.99. The molecule has 0 aliphatic rings. The van der Waals surface area contributed by atoms with Gasteiger partial charge in [-0.25, -0.2) is 0 Å². The van der Waals surface area contributed by atoms with E-state index in [0.717, 1.165) is 0 Å². The Bertz CT molecular complexity index is 181. The minimum absolute atomic E-state index is 0.0776. The fourth-order valence-electron chi connectivity index (χ4n) is 1.22. The number of benzene rings is 1. The van der Waals surface area contributed by atoms with Crippen LogP contribution in [0.25, 0.3) is 0 Å². The summed E-state index contributed by atoms with van der Waals surface area (Å²) in [6.45, 7) is 2.26. The number of hydrogen-bond donors (Lipinski definition) is 0. The van der Waals surface area contributed by atoms with Crippen molar-refractivity contribution in [1.82, 2.24) is 0 Å². The standard InChI is InChI=1S/C6H5.C4H9.Mg/c1-2-4-6-5-3-1;1-3-4-2;/h1-5H;1,3-4H2,2H3;. The lowest BCUT2D eigenvalue weighted by atomic mass is 10.4. The van der Waals surface area contributed by atoms with E-state index in [4.69, 9.17) is 0 Å². The van der Waals surface area contributed by atoms with E-state index in [1.807, 2.05) is 0 Å². The molecule has 1 rings (SSSR count). The molecule has 0 fully saturated rings. The highest BCUT2D eigenvalue weighted by Gasteiger charge is 1.95. The topological polar surface area (TPSA) is 0 Å². The van der Waals surface area contributed by atoms with Crippen LogP contribution in [0.2, 0.25) is 4.55 Å². The van der Waals surface area contributed by atoms with E-state index in [-0.39, 0.29) is 20.4 Å². The second-order valence-corrected chi connectivity index (χ2v) is 4.97. The molecule has 56 valence electrons.